The molecule has 1 aliphatic heterocycles. The maximum Gasteiger partial charge on any atom is 0.303 e. The molecule has 0 aromatic heterocycles. The molecule has 0 spiro atoms. The Kier molecular flexibility index (Phi) is 6.45. The van der Waals surface area contributed by atoms with Gasteiger partial charge in [0.05, 0.1) is 0 Å². The lowest BCUT2D eigenvalue weighted by molar-refractivity contribution is -0.137. The summed E-state index contributed by atoms with van der Waals surface area (Å²) in [5.74, 6) is -0.735. The molecule has 0 radical (unpaired) electrons. The summed E-state index contributed by atoms with van der Waals surface area (Å²) in [4.78, 5) is 25.3. The molecule has 1 heterocycles. The van der Waals surface area contributed by atoms with Crippen molar-refractivity contribution >= 4 is 23.6 Å². The van der Waals surface area contributed by atoms with E-state index >= 15 is 0 Å². The Hall–Kier alpha value is -1.56. The molecule has 0 bridgehead atoms. The molecule has 1 unspecified atom stereocenters. The molecule has 23 heavy (non-hydrogen) atoms. The van der Waals surface area contributed by atoms with Crippen molar-refractivity contribution in [1.29, 1.82) is 0 Å². The number of likely N-dealkylation sites (tertiary alicyclic amines) is 1. The predicted octanol–water partition coefficient (Wildman–Crippen LogP) is 3.55. The fraction of sp³-hybridized carbons (Fsp3) is 0.529. The zero-order chi connectivity index (χ0) is 16.8. The maximum atomic E-state index is 13.7. The van der Waals surface area contributed by atoms with Gasteiger partial charge in [0, 0.05) is 30.3 Å². The largest absolute Gasteiger partial charge is 0.481 e. The van der Waals surface area contributed by atoms with E-state index in [-0.39, 0.29) is 24.2 Å². The van der Waals surface area contributed by atoms with Crippen molar-refractivity contribution in [2.24, 2.45) is 0 Å². The van der Waals surface area contributed by atoms with Crippen LogP contribution in [-0.4, -0.2) is 40.7 Å². The standard InChI is InChI=1S/C17H22FNO3S/c1-23-11-13-10-12(5-7-15(13)18)17(22)19-9-3-2-4-14(19)6-8-16(20)21/h5,7,10,14H,2-4,6,8-9,11H2,1H3,(H,20,21). The average molecular weight is 339 g/mol. The van der Waals surface area contributed by atoms with Gasteiger partial charge in [-0.15, -0.1) is 0 Å². The number of piperidine rings is 1. The number of carbonyl (C=O) groups excluding carboxylic acids is 1. The number of rotatable bonds is 6. The second-order valence-corrected chi connectivity index (χ2v) is 6.69. The predicted molar refractivity (Wildman–Crippen MR) is 89.2 cm³/mol. The number of hydrogen-bond acceptors (Lipinski definition) is 3. The van der Waals surface area contributed by atoms with Gasteiger partial charge in [-0.3, -0.25) is 9.59 Å². The van der Waals surface area contributed by atoms with Crippen LogP contribution < -0.4 is 0 Å². The summed E-state index contributed by atoms with van der Waals surface area (Å²) < 4.78 is 13.7. The Bertz CT molecular complexity index is 579. The Morgan fingerprint density at radius 2 is 2.17 bits per heavy atom. The molecule has 0 saturated carbocycles. The molecule has 4 nitrogen and oxygen atoms in total. The lowest BCUT2D eigenvalue weighted by Gasteiger charge is -2.35. The third-order valence-electron chi connectivity index (χ3n) is 4.17. The molecule has 6 heteroatoms. The van der Waals surface area contributed by atoms with Crippen LogP contribution in [0.25, 0.3) is 0 Å². The van der Waals surface area contributed by atoms with Crippen LogP contribution in [0, 0.1) is 5.82 Å². The van der Waals surface area contributed by atoms with Gasteiger partial charge >= 0.3 is 5.97 Å². The van der Waals surface area contributed by atoms with Gasteiger partial charge in [0.15, 0.2) is 0 Å². The molecule has 1 aliphatic rings. The minimum absolute atomic E-state index is 0.0404. The number of carboxylic acid groups (broad SMARTS) is 1. The first-order valence-corrected chi connectivity index (χ1v) is 9.22. The Morgan fingerprint density at radius 1 is 1.39 bits per heavy atom. The van der Waals surface area contributed by atoms with Gasteiger partial charge < -0.3 is 10.0 Å². The summed E-state index contributed by atoms with van der Waals surface area (Å²) in [6.45, 7) is 0.637. The molecule has 1 amide bonds. The zero-order valence-electron chi connectivity index (χ0n) is 13.3. The van der Waals surface area contributed by atoms with E-state index < -0.39 is 5.97 Å². The fourth-order valence-corrected chi connectivity index (χ4v) is 3.53. The molecule has 1 N–H and O–H groups in total. The van der Waals surface area contributed by atoms with Gasteiger partial charge in [-0.2, -0.15) is 11.8 Å². The van der Waals surface area contributed by atoms with E-state index in [1.54, 1.807) is 11.0 Å². The normalized spacial score (nSPS) is 18.0. The minimum atomic E-state index is -0.841. The third-order valence-corrected chi connectivity index (χ3v) is 4.77. The number of carbonyl (C=O) groups is 2. The molecule has 1 atom stereocenters. The summed E-state index contributed by atoms with van der Waals surface area (Å²) in [6, 6.07) is 4.44. The van der Waals surface area contributed by atoms with Crippen molar-refractivity contribution in [2.75, 3.05) is 12.8 Å². The number of amides is 1. The first-order chi connectivity index (χ1) is 11.0. The maximum absolute atomic E-state index is 13.7. The number of benzene rings is 1. The first-order valence-electron chi connectivity index (χ1n) is 7.83. The van der Waals surface area contributed by atoms with Crippen molar-refractivity contribution in [3.8, 4) is 0 Å². The smallest absolute Gasteiger partial charge is 0.303 e. The summed E-state index contributed by atoms with van der Waals surface area (Å²) in [6.07, 6.45) is 5.19. The topological polar surface area (TPSA) is 57.6 Å². The van der Waals surface area contributed by atoms with Crippen molar-refractivity contribution in [2.45, 2.75) is 43.9 Å². The van der Waals surface area contributed by atoms with E-state index in [1.165, 1.54) is 23.9 Å². The quantitative estimate of drug-likeness (QED) is 0.861. The SMILES string of the molecule is CSCc1cc(C(=O)N2CCCCC2CCC(=O)O)ccc1F. The van der Waals surface area contributed by atoms with Crippen LogP contribution in [0.15, 0.2) is 18.2 Å². The minimum Gasteiger partial charge on any atom is -0.481 e. The van der Waals surface area contributed by atoms with Gasteiger partial charge in [0.1, 0.15) is 5.82 Å². The number of thioether (sulfide) groups is 1. The number of carboxylic acids is 1. The Morgan fingerprint density at radius 3 is 2.87 bits per heavy atom. The van der Waals surface area contributed by atoms with E-state index in [4.69, 9.17) is 5.11 Å². The molecule has 2 rings (SSSR count). The van der Waals surface area contributed by atoms with Crippen LogP contribution in [0.1, 0.15) is 48.0 Å². The number of halogens is 1. The molecule has 126 valence electrons. The summed E-state index contributed by atoms with van der Waals surface area (Å²) in [5.41, 5.74) is 1.01. The highest BCUT2D eigenvalue weighted by Crippen LogP contribution is 2.24. The monoisotopic (exact) mass is 339 g/mol. The highest BCUT2D eigenvalue weighted by Gasteiger charge is 2.28. The highest BCUT2D eigenvalue weighted by molar-refractivity contribution is 7.97. The van der Waals surface area contributed by atoms with Crippen LogP contribution in [0.3, 0.4) is 0 Å². The highest BCUT2D eigenvalue weighted by atomic mass is 32.2. The lowest BCUT2D eigenvalue weighted by Crippen LogP contribution is -2.44. The van der Waals surface area contributed by atoms with Gasteiger partial charge in [-0.1, -0.05) is 0 Å². The van der Waals surface area contributed by atoms with Gasteiger partial charge in [0.25, 0.3) is 5.91 Å². The van der Waals surface area contributed by atoms with Gasteiger partial charge in [-0.25, -0.2) is 4.39 Å². The zero-order valence-corrected chi connectivity index (χ0v) is 14.1. The van der Waals surface area contributed by atoms with Crippen molar-refractivity contribution in [3.63, 3.8) is 0 Å². The van der Waals surface area contributed by atoms with Crippen LogP contribution in [0.2, 0.25) is 0 Å². The number of aliphatic carboxylic acids is 1. The molecular formula is C17H22FNO3S. The summed E-state index contributed by atoms with van der Waals surface area (Å²) >= 11 is 1.51. The van der Waals surface area contributed by atoms with Crippen LogP contribution in [0.5, 0.6) is 0 Å². The van der Waals surface area contributed by atoms with E-state index in [1.807, 2.05) is 6.26 Å². The molecule has 1 saturated heterocycles. The summed E-state index contributed by atoms with van der Waals surface area (Å²) in [5, 5.41) is 8.86. The summed E-state index contributed by atoms with van der Waals surface area (Å²) in [7, 11) is 0. The van der Waals surface area contributed by atoms with E-state index in [9.17, 15) is 14.0 Å². The van der Waals surface area contributed by atoms with E-state index in [0.717, 1.165) is 19.3 Å². The number of nitrogens with zero attached hydrogens (tertiary/aromatic N) is 1. The van der Waals surface area contributed by atoms with E-state index in [0.29, 0.717) is 29.8 Å². The lowest BCUT2D eigenvalue weighted by atomic mass is 9.96. The Balaban J connectivity index is 2.16. The molecule has 1 aromatic carbocycles. The van der Waals surface area contributed by atoms with Crippen LogP contribution in [-0.2, 0) is 10.5 Å². The van der Waals surface area contributed by atoms with Crippen molar-refractivity contribution in [1.82, 2.24) is 4.90 Å². The van der Waals surface area contributed by atoms with Gasteiger partial charge in [-0.05, 0) is 55.7 Å². The second-order valence-electron chi connectivity index (χ2n) is 5.82. The molecule has 0 aliphatic carbocycles. The molecular weight excluding hydrogens is 317 g/mol. The first kappa shape index (κ1) is 17.8. The fourth-order valence-electron chi connectivity index (χ4n) is 3.00. The average Bonchev–Trinajstić information content (AvgIpc) is 2.55. The van der Waals surface area contributed by atoms with Crippen molar-refractivity contribution in [3.05, 3.63) is 35.1 Å². The molecule has 1 aromatic rings. The van der Waals surface area contributed by atoms with Crippen LogP contribution >= 0.6 is 11.8 Å². The van der Waals surface area contributed by atoms with Gasteiger partial charge in [0.2, 0.25) is 0 Å². The number of hydrogen-bond donors (Lipinski definition) is 1. The Labute approximate surface area is 140 Å². The van der Waals surface area contributed by atoms with Crippen molar-refractivity contribution < 1.29 is 19.1 Å². The third kappa shape index (κ3) is 4.70. The molecule has 1 fully saturated rings. The second kappa shape index (κ2) is 8.34. The van der Waals surface area contributed by atoms with Crippen LogP contribution in [0.4, 0.5) is 4.39 Å². The van der Waals surface area contributed by atoms with E-state index in [2.05, 4.69) is 0 Å².